The quantitative estimate of drug-likeness (QED) is 0.837. The molecule has 0 aliphatic carbocycles. The Hall–Kier alpha value is -2.26. The van der Waals surface area contributed by atoms with Crippen LogP contribution in [0, 0.1) is 5.82 Å². The van der Waals surface area contributed by atoms with Gasteiger partial charge in [-0.25, -0.2) is 4.39 Å². The molecular weight excluding hydrogens is 348 g/mol. The molecule has 24 heavy (non-hydrogen) atoms. The van der Waals surface area contributed by atoms with E-state index in [9.17, 15) is 27.5 Å². The molecule has 1 aromatic heterocycles. The summed E-state index contributed by atoms with van der Waals surface area (Å²) in [6, 6.07) is 7.46. The summed E-state index contributed by atoms with van der Waals surface area (Å²) < 4.78 is 53.1. The Labute approximate surface area is 137 Å². The number of amides is 1. The van der Waals surface area contributed by atoms with Crippen molar-refractivity contribution in [2.75, 3.05) is 0 Å². The first-order valence-corrected chi connectivity index (χ1v) is 7.61. The Morgan fingerprint density at radius 2 is 1.92 bits per heavy atom. The van der Waals surface area contributed by atoms with Gasteiger partial charge in [-0.2, -0.15) is 23.3 Å². The summed E-state index contributed by atoms with van der Waals surface area (Å²) in [6.45, 7) is 0. The molecule has 9 heteroatoms. The van der Waals surface area contributed by atoms with Crippen LogP contribution in [-0.4, -0.2) is 33.6 Å². The van der Waals surface area contributed by atoms with E-state index in [1.807, 2.05) is 0 Å². The molecule has 0 saturated heterocycles. The summed E-state index contributed by atoms with van der Waals surface area (Å²) in [5.74, 6) is -1.61. The monoisotopic (exact) mass is 358 g/mol. The van der Waals surface area contributed by atoms with E-state index < -0.39 is 30.0 Å². The summed E-state index contributed by atoms with van der Waals surface area (Å²) in [7, 11) is 0. The van der Waals surface area contributed by atoms with Gasteiger partial charge in [-0.3, -0.25) is 4.79 Å². The number of hydrogen-bond donors (Lipinski definition) is 1. The first-order valence-electron chi connectivity index (χ1n) is 6.73. The lowest BCUT2D eigenvalue weighted by Crippen LogP contribution is -2.56. The largest absolute Gasteiger partial charge is 0.438 e. The molecule has 1 aliphatic rings. The van der Waals surface area contributed by atoms with Crippen LogP contribution < -0.4 is 0 Å². The van der Waals surface area contributed by atoms with E-state index in [1.54, 1.807) is 0 Å². The van der Waals surface area contributed by atoms with Crippen molar-refractivity contribution in [3.63, 3.8) is 0 Å². The molecule has 2 aromatic rings. The Morgan fingerprint density at radius 1 is 1.25 bits per heavy atom. The maximum Gasteiger partial charge on any atom is 0.438 e. The van der Waals surface area contributed by atoms with Gasteiger partial charge >= 0.3 is 6.18 Å². The molecule has 126 valence electrons. The maximum atomic E-state index is 13.4. The van der Waals surface area contributed by atoms with E-state index in [-0.39, 0.29) is 21.2 Å². The number of hydrazone groups is 1. The van der Waals surface area contributed by atoms with Crippen molar-refractivity contribution >= 4 is 23.0 Å². The average Bonchev–Trinajstić information content (AvgIpc) is 3.15. The highest BCUT2D eigenvalue weighted by Gasteiger charge is 2.63. The van der Waals surface area contributed by atoms with E-state index in [0.717, 1.165) is 23.5 Å². The van der Waals surface area contributed by atoms with Crippen LogP contribution in [0.2, 0.25) is 0 Å². The van der Waals surface area contributed by atoms with Crippen LogP contribution in [-0.2, 0) is 0 Å². The number of carbonyl (C=O) groups excluding carboxylic acids is 1. The van der Waals surface area contributed by atoms with Gasteiger partial charge in [0.2, 0.25) is 0 Å². The van der Waals surface area contributed by atoms with Gasteiger partial charge in [-0.15, -0.1) is 11.3 Å². The highest BCUT2D eigenvalue weighted by atomic mass is 32.1. The Morgan fingerprint density at radius 3 is 2.46 bits per heavy atom. The molecule has 1 N–H and O–H groups in total. The Bertz CT molecular complexity index is 787. The predicted molar refractivity (Wildman–Crippen MR) is 79.0 cm³/mol. The van der Waals surface area contributed by atoms with Crippen LogP contribution in [0.25, 0.3) is 0 Å². The van der Waals surface area contributed by atoms with Crippen LogP contribution >= 0.6 is 11.3 Å². The highest BCUT2D eigenvalue weighted by molar-refractivity contribution is 7.12. The summed E-state index contributed by atoms with van der Waals surface area (Å²) in [4.78, 5) is 12.3. The van der Waals surface area contributed by atoms with E-state index in [1.165, 1.54) is 29.6 Å². The van der Waals surface area contributed by atoms with Gasteiger partial charge in [0.25, 0.3) is 11.6 Å². The third-order valence-corrected chi connectivity index (χ3v) is 4.40. The minimum absolute atomic E-state index is 0.0155. The smallest absolute Gasteiger partial charge is 0.362 e. The van der Waals surface area contributed by atoms with Crippen LogP contribution in [0.15, 0.2) is 46.9 Å². The van der Waals surface area contributed by atoms with Crippen molar-refractivity contribution in [2.45, 2.75) is 18.3 Å². The number of nitrogens with zero attached hydrogens (tertiary/aromatic N) is 2. The van der Waals surface area contributed by atoms with Gasteiger partial charge in [0.1, 0.15) is 5.82 Å². The van der Waals surface area contributed by atoms with Gasteiger partial charge in [0.15, 0.2) is 0 Å². The van der Waals surface area contributed by atoms with E-state index >= 15 is 0 Å². The van der Waals surface area contributed by atoms with Crippen LogP contribution in [0.3, 0.4) is 0 Å². The number of benzene rings is 1. The topological polar surface area (TPSA) is 52.9 Å². The van der Waals surface area contributed by atoms with Gasteiger partial charge in [0, 0.05) is 0 Å². The normalized spacial score (nSPS) is 21.0. The van der Waals surface area contributed by atoms with Crippen LogP contribution in [0.4, 0.5) is 17.6 Å². The molecule has 2 heterocycles. The third-order valence-electron chi connectivity index (χ3n) is 3.54. The number of rotatable bonds is 2. The fourth-order valence-corrected chi connectivity index (χ4v) is 2.94. The highest BCUT2D eigenvalue weighted by Crippen LogP contribution is 2.42. The lowest BCUT2D eigenvalue weighted by Gasteiger charge is -2.32. The molecule has 1 aromatic carbocycles. The first kappa shape index (κ1) is 16.6. The number of hydrogen-bond acceptors (Lipinski definition) is 4. The molecule has 1 atom stereocenters. The van der Waals surface area contributed by atoms with Gasteiger partial charge in [-0.1, -0.05) is 18.2 Å². The number of halogens is 4. The van der Waals surface area contributed by atoms with Crippen molar-refractivity contribution in [1.29, 1.82) is 0 Å². The van der Waals surface area contributed by atoms with E-state index in [4.69, 9.17) is 0 Å². The molecule has 0 saturated carbocycles. The van der Waals surface area contributed by atoms with Crippen molar-refractivity contribution in [2.24, 2.45) is 5.10 Å². The number of carbonyl (C=O) groups is 1. The Kier molecular flexibility index (Phi) is 3.92. The molecule has 1 amide bonds. The minimum atomic E-state index is -5.11. The molecule has 4 nitrogen and oxygen atoms in total. The van der Waals surface area contributed by atoms with Crippen molar-refractivity contribution in [1.82, 2.24) is 5.01 Å². The zero-order chi connectivity index (χ0) is 17.5. The Balaban J connectivity index is 2.03. The standard InChI is InChI=1S/C15H10F4N2O2S/c16-10-5-3-9(4-6-10)11-8-14(23,15(17,18)19)21(20-11)13(22)12-2-1-7-24-12/h1-7,23H,8H2/t14-/m1/s1. The lowest BCUT2D eigenvalue weighted by molar-refractivity contribution is -0.297. The van der Waals surface area contributed by atoms with Gasteiger partial charge < -0.3 is 5.11 Å². The molecule has 0 radical (unpaired) electrons. The minimum Gasteiger partial charge on any atom is -0.362 e. The second kappa shape index (κ2) is 5.67. The zero-order valence-electron chi connectivity index (χ0n) is 11.9. The second-order valence-electron chi connectivity index (χ2n) is 5.14. The summed E-state index contributed by atoms with van der Waals surface area (Å²) in [6.07, 6.45) is -6.04. The summed E-state index contributed by atoms with van der Waals surface area (Å²) >= 11 is 0.940. The fourth-order valence-electron chi connectivity index (χ4n) is 2.29. The average molecular weight is 358 g/mol. The molecular formula is C15H10F4N2O2S. The molecule has 0 unspecified atom stereocenters. The third kappa shape index (κ3) is 2.69. The fraction of sp³-hybridized carbons (Fsp3) is 0.200. The second-order valence-corrected chi connectivity index (χ2v) is 6.09. The van der Waals surface area contributed by atoms with E-state index in [0.29, 0.717) is 0 Å². The van der Waals surface area contributed by atoms with Crippen molar-refractivity contribution in [3.05, 3.63) is 58.0 Å². The number of alkyl halides is 3. The van der Waals surface area contributed by atoms with Crippen molar-refractivity contribution in [3.8, 4) is 0 Å². The van der Waals surface area contributed by atoms with Crippen LogP contribution in [0.5, 0.6) is 0 Å². The molecule has 0 fully saturated rings. The van der Waals surface area contributed by atoms with Gasteiger partial charge in [0.05, 0.1) is 17.0 Å². The van der Waals surface area contributed by atoms with Crippen molar-refractivity contribution < 1.29 is 27.5 Å². The first-order chi connectivity index (χ1) is 11.2. The molecule has 1 aliphatic heterocycles. The summed E-state index contributed by atoms with van der Waals surface area (Å²) in [5, 5.41) is 15.4. The number of thiophene rings is 1. The van der Waals surface area contributed by atoms with Gasteiger partial charge in [-0.05, 0) is 29.1 Å². The zero-order valence-corrected chi connectivity index (χ0v) is 12.7. The molecule has 0 bridgehead atoms. The maximum absolute atomic E-state index is 13.4. The molecule has 3 rings (SSSR count). The predicted octanol–water partition coefficient (Wildman–Crippen LogP) is 3.39. The summed E-state index contributed by atoms with van der Waals surface area (Å²) in [5.41, 5.74) is -3.40. The SMILES string of the molecule is O=C(c1cccs1)N1N=C(c2ccc(F)cc2)C[C@@]1(O)C(F)(F)F. The molecule has 0 spiro atoms. The van der Waals surface area contributed by atoms with Crippen LogP contribution in [0.1, 0.15) is 21.7 Å². The van der Waals surface area contributed by atoms with E-state index in [2.05, 4.69) is 5.10 Å². The number of aliphatic hydroxyl groups is 1. The lowest BCUT2D eigenvalue weighted by atomic mass is 10.0.